The summed E-state index contributed by atoms with van der Waals surface area (Å²) in [6.45, 7) is 6.18. The molecule has 2 aliphatic rings. The van der Waals surface area contributed by atoms with Gasteiger partial charge in [0, 0.05) is 30.7 Å². The minimum Gasteiger partial charge on any atom is -0.294 e. The first-order valence-corrected chi connectivity index (χ1v) is 13.0. The Kier molecular flexibility index (Phi) is 5.70. The normalized spacial score (nSPS) is 20.8. The van der Waals surface area contributed by atoms with Crippen molar-refractivity contribution in [2.24, 2.45) is 5.41 Å². The molecule has 1 saturated heterocycles. The van der Waals surface area contributed by atoms with Crippen LogP contribution in [0, 0.1) is 5.41 Å². The molecular formula is C25H28F2N2O4S. The van der Waals surface area contributed by atoms with Crippen LogP contribution < -0.4 is 4.90 Å². The molecule has 6 nitrogen and oxygen atoms in total. The number of alkyl halides is 2. The van der Waals surface area contributed by atoms with Gasteiger partial charge in [-0.3, -0.25) is 14.5 Å². The Bertz CT molecular complexity index is 1270. The number of rotatable bonds is 5. The van der Waals surface area contributed by atoms with E-state index in [1.54, 1.807) is 32.0 Å². The third kappa shape index (κ3) is 4.37. The monoisotopic (exact) mass is 490 g/mol. The van der Waals surface area contributed by atoms with Gasteiger partial charge in [0.1, 0.15) is 15.7 Å². The topological polar surface area (TPSA) is 84.4 Å². The minimum atomic E-state index is -3.08. The number of hydrogen-bond donors (Lipinski definition) is 0. The van der Waals surface area contributed by atoms with E-state index in [1.807, 2.05) is 6.92 Å². The van der Waals surface area contributed by atoms with Gasteiger partial charge in [0.05, 0.1) is 22.6 Å². The summed E-state index contributed by atoms with van der Waals surface area (Å²) in [5, 5.41) is 0. The summed E-state index contributed by atoms with van der Waals surface area (Å²) in [7, 11) is -3.04. The van der Waals surface area contributed by atoms with Crippen LogP contribution in [-0.2, 0) is 26.0 Å². The van der Waals surface area contributed by atoms with E-state index in [2.05, 4.69) is 4.98 Å². The lowest BCUT2D eigenvalue weighted by Crippen LogP contribution is -2.33. The number of pyridine rings is 1. The average molecular weight is 491 g/mol. The number of benzene rings is 1. The van der Waals surface area contributed by atoms with Crippen molar-refractivity contribution >= 4 is 33.0 Å². The van der Waals surface area contributed by atoms with Crippen molar-refractivity contribution in [3.05, 3.63) is 53.2 Å². The maximum absolute atomic E-state index is 13.9. The van der Waals surface area contributed by atoms with Crippen molar-refractivity contribution in [3.63, 3.8) is 0 Å². The number of carbonyl (C=O) groups is 2. The predicted molar refractivity (Wildman–Crippen MR) is 125 cm³/mol. The fourth-order valence-electron chi connectivity index (χ4n) is 4.65. The van der Waals surface area contributed by atoms with Crippen molar-refractivity contribution in [3.8, 4) is 0 Å². The second-order valence-corrected chi connectivity index (χ2v) is 12.7. The summed E-state index contributed by atoms with van der Waals surface area (Å²) >= 11 is 0. The molecule has 1 aromatic heterocycles. The van der Waals surface area contributed by atoms with Gasteiger partial charge < -0.3 is 0 Å². The van der Waals surface area contributed by atoms with Crippen LogP contribution in [0.1, 0.15) is 68.4 Å². The third-order valence-corrected chi connectivity index (χ3v) is 8.72. The van der Waals surface area contributed by atoms with Crippen molar-refractivity contribution in [1.82, 2.24) is 4.98 Å². The predicted octanol–water partition coefficient (Wildman–Crippen LogP) is 4.94. The summed E-state index contributed by atoms with van der Waals surface area (Å²) in [6, 6.07) is 7.40. The van der Waals surface area contributed by atoms with E-state index in [1.165, 1.54) is 23.2 Å². The second-order valence-electron chi connectivity index (χ2n) is 10.4. The zero-order valence-electron chi connectivity index (χ0n) is 19.7. The zero-order valence-corrected chi connectivity index (χ0v) is 20.5. The van der Waals surface area contributed by atoms with Crippen LogP contribution in [-0.4, -0.2) is 36.6 Å². The Balaban J connectivity index is 1.66. The second kappa shape index (κ2) is 7.93. The maximum atomic E-state index is 13.9. The standard InChI is InChI=1S/C25H28F2N2O4S/c1-23(2)18-13-16(20(30)15-24(3)8-11-34(32,33)12-9-24)5-6-19(18)29(22(23)31)21-14-17(7-10-28-21)25(4,26)27/h5-7,10,13-14H,8-9,11-12,15H2,1-4H3. The van der Waals surface area contributed by atoms with Gasteiger partial charge >= 0.3 is 0 Å². The van der Waals surface area contributed by atoms with Gasteiger partial charge in [-0.25, -0.2) is 22.2 Å². The molecule has 1 aromatic carbocycles. The molecule has 2 aliphatic heterocycles. The number of Topliss-reactive ketones (excluding diaryl/α,β-unsaturated/α-hetero) is 1. The third-order valence-electron chi connectivity index (χ3n) is 7.07. The highest BCUT2D eigenvalue weighted by molar-refractivity contribution is 7.91. The Morgan fingerprint density at radius 1 is 1.12 bits per heavy atom. The van der Waals surface area contributed by atoms with E-state index in [0.29, 0.717) is 29.7 Å². The SMILES string of the molecule is CC1(CC(=O)c2ccc3c(c2)C(C)(C)C(=O)N3c2cc(C(C)(F)F)ccn2)CCS(=O)(=O)CC1. The molecule has 0 N–H and O–H groups in total. The molecule has 1 fully saturated rings. The van der Waals surface area contributed by atoms with E-state index in [-0.39, 0.29) is 41.0 Å². The number of fused-ring (bicyclic) bond motifs is 1. The average Bonchev–Trinajstić information content (AvgIpc) is 2.95. The fraction of sp³-hybridized carbons (Fsp3) is 0.480. The Labute approximate surface area is 198 Å². The first kappa shape index (κ1) is 24.4. The van der Waals surface area contributed by atoms with Crippen molar-refractivity contribution in [2.45, 2.75) is 58.3 Å². The van der Waals surface area contributed by atoms with E-state index < -0.39 is 26.6 Å². The van der Waals surface area contributed by atoms with Crippen LogP contribution in [0.2, 0.25) is 0 Å². The van der Waals surface area contributed by atoms with Crippen LogP contribution in [0.25, 0.3) is 0 Å². The maximum Gasteiger partial charge on any atom is 0.270 e. The van der Waals surface area contributed by atoms with Crippen molar-refractivity contribution < 1.29 is 26.8 Å². The van der Waals surface area contributed by atoms with Gasteiger partial charge in [-0.05, 0) is 68.0 Å². The molecule has 34 heavy (non-hydrogen) atoms. The van der Waals surface area contributed by atoms with Gasteiger partial charge in [-0.15, -0.1) is 0 Å². The van der Waals surface area contributed by atoms with Gasteiger partial charge in [0.15, 0.2) is 5.78 Å². The van der Waals surface area contributed by atoms with Gasteiger partial charge in [0.2, 0.25) is 5.91 Å². The lowest BCUT2D eigenvalue weighted by molar-refractivity contribution is -0.121. The van der Waals surface area contributed by atoms with Crippen LogP contribution in [0.15, 0.2) is 36.5 Å². The van der Waals surface area contributed by atoms with E-state index in [0.717, 1.165) is 6.92 Å². The number of sulfone groups is 1. The molecular weight excluding hydrogens is 462 g/mol. The lowest BCUT2D eigenvalue weighted by atomic mass is 9.78. The molecule has 4 rings (SSSR count). The van der Waals surface area contributed by atoms with Crippen LogP contribution in [0.4, 0.5) is 20.3 Å². The number of nitrogens with zero attached hydrogens (tertiary/aromatic N) is 2. The molecule has 0 unspecified atom stereocenters. The molecule has 0 atom stereocenters. The number of carbonyl (C=O) groups excluding carboxylic acids is 2. The first-order chi connectivity index (χ1) is 15.6. The number of anilines is 2. The first-order valence-electron chi connectivity index (χ1n) is 11.2. The molecule has 0 bridgehead atoms. The van der Waals surface area contributed by atoms with Crippen LogP contribution in [0.3, 0.4) is 0 Å². The smallest absolute Gasteiger partial charge is 0.270 e. The van der Waals surface area contributed by atoms with Crippen molar-refractivity contribution in [1.29, 1.82) is 0 Å². The minimum absolute atomic E-state index is 0.0837. The van der Waals surface area contributed by atoms with Gasteiger partial charge in [-0.1, -0.05) is 6.92 Å². The highest BCUT2D eigenvalue weighted by atomic mass is 32.2. The summed E-state index contributed by atoms with van der Waals surface area (Å²) < 4.78 is 51.3. The van der Waals surface area contributed by atoms with Crippen LogP contribution in [0.5, 0.6) is 0 Å². The molecule has 3 heterocycles. The molecule has 1 amide bonds. The Hall–Kier alpha value is -2.68. The summed E-state index contributed by atoms with van der Waals surface area (Å²) in [5.41, 5.74) is -0.0557. The molecule has 0 radical (unpaired) electrons. The van der Waals surface area contributed by atoms with Crippen LogP contribution >= 0.6 is 0 Å². The van der Waals surface area contributed by atoms with Gasteiger partial charge in [0.25, 0.3) is 5.92 Å². The highest BCUT2D eigenvalue weighted by Gasteiger charge is 2.46. The lowest BCUT2D eigenvalue weighted by Gasteiger charge is -2.32. The number of hydrogen-bond acceptors (Lipinski definition) is 5. The molecule has 9 heteroatoms. The summed E-state index contributed by atoms with van der Waals surface area (Å²) in [6.07, 6.45) is 2.35. The number of ketones is 1. The molecule has 2 aromatic rings. The molecule has 0 aliphatic carbocycles. The summed E-state index contributed by atoms with van der Waals surface area (Å²) in [4.78, 5) is 31.9. The quantitative estimate of drug-likeness (QED) is 0.555. The molecule has 0 saturated carbocycles. The van der Waals surface area contributed by atoms with Gasteiger partial charge in [-0.2, -0.15) is 0 Å². The Morgan fingerprint density at radius 3 is 2.38 bits per heavy atom. The zero-order chi connectivity index (χ0) is 25.1. The number of amides is 1. The highest BCUT2D eigenvalue weighted by Crippen LogP contribution is 2.46. The molecule has 182 valence electrons. The Morgan fingerprint density at radius 2 is 1.76 bits per heavy atom. The van der Waals surface area contributed by atoms with E-state index in [9.17, 15) is 26.8 Å². The summed E-state index contributed by atoms with van der Waals surface area (Å²) in [5.74, 6) is -3.24. The number of halogens is 2. The molecule has 0 spiro atoms. The van der Waals surface area contributed by atoms with Crippen molar-refractivity contribution in [2.75, 3.05) is 16.4 Å². The fourth-order valence-corrected chi connectivity index (χ4v) is 6.46. The number of aromatic nitrogens is 1. The van der Waals surface area contributed by atoms with E-state index in [4.69, 9.17) is 0 Å². The largest absolute Gasteiger partial charge is 0.294 e. The van der Waals surface area contributed by atoms with E-state index >= 15 is 0 Å².